The standard InChI is InChI=1S/C18H20N2O3S.ClH/c19-12-16(13-10-11-13)20-24(22,23)17-9-5-4-8-15(17)18(21)14-6-2-1-3-7-14;/h1-9,13,16,20H,10-12,19H2;1H. The number of carbonyl (C=O) groups is 1. The Bertz CT molecular complexity index is 836. The Morgan fingerprint density at radius 2 is 1.68 bits per heavy atom. The highest BCUT2D eigenvalue weighted by Gasteiger charge is 2.34. The number of nitrogens with one attached hydrogen (secondary N) is 1. The van der Waals surface area contributed by atoms with Crippen LogP contribution in [0.5, 0.6) is 0 Å². The third-order valence-corrected chi connectivity index (χ3v) is 5.76. The van der Waals surface area contributed by atoms with Crippen molar-refractivity contribution >= 4 is 28.2 Å². The second-order valence-electron chi connectivity index (χ2n) is 5.99. The molecular formula is C18H21ClN2O3S. The van der Waals surface area contributed by atoms with Gasteiger partial charge in [0.25, 0.3) is 0 Å². The fourth-order valence-electron chi connectivity index (χ4n) is 2.73. The van der Waals surface area contributed by atoms with Gasteiger partial charge in [0.15, 0.2) is 5.78 Å². The summed E-state index contributed by atoms with van der Waals surface area (Å²) in [5.41, 5.74) is 6.32. The fraction of sp³-hybridized carbons (Fsp3) is 0.278. The van der Waals surface area contributed by atoms with E-state index in [2.05, 4.69) is 4.72 Å². The van der Waals surface area contributed by atoms with Crippen LogP contribution in [0.15, 0.2) is 59.5 Å². The molecule has 0 bridgehead atoms. The van der Waals surface area contributed by atoms with Gasteiger partial charge in [0.2, 0.25) is 10.0 Å². The van der Waals surface area contributed by atoms with Crippen LogP contribution < -0.4 is 10.5 Å². The van der Waals surface area contributed by atoms with Crippen LogP contribution in [0.4, 0.5) is 0 Å². The Morgan fingerprint density at radius 1 is 1.08 bits per heavy atom. The molecule has 134 valence electrons. The van der Waals surface area contributed by atoms with Crippen molar-refractivity contribution in [3.05, 3.63) is 65.7 Å². The van der Waals surface area contributed by atoms with Gasteiger partial charge in [-0.3, -0.25) is 4.79 Å². The van der Waals surface area contributed by atoms with Gasteiger partial charge in [0.05, 0.1) is 4.90 Å². The molecule has 5 nitrogen and oxygen atoms in total. The molecule has 0 aromatic heterocycles. The zero-order chi connectivity index (χ0) is 17.2. The summed E-state index contributed by atoms with van der Waals surface area (Å²) in [7, 11) is -3.81. The van der Waals surface area contributed by atoms with Crippen LogP contribution in [-0.2, 0) is 10.0 Å². The summed E-state index contributed by atoms with van der Waals surface area (Å²) in [4.78, 5) is 12.7. The van der Waals surface area contributed by atoms with Crippen molar-refractivity contribution in [1.29, 1.82) is 0 Å². The first-order chi connectivity index (χ1) is 11.5. The molecule has 0 heterocycles. The Kier molecular flexibility index (Phi) is 6.35. The molecule has 1 fully saturated rings. The number of hydrogen-bond donors (Lipinski definition) is 2. The van der Waals surface area contributed by atoms with Crippen LogP contribution in [0.25, 0.3) is 0 Å². The van der Waals surface area contributed by atoms with Gasteiger partial charge >= 0.3 is 0 Å². The largest absolute Gasteiger partial charge is 0.329 e. The summed E-state index contributed by atoms with van der Waals surface area (Å²) < 4.78 is 28.2. The van der Waals surface area contributed by atoms with E-state index in [1.54, 1.807) is 42.5 Å². The highest BCUT2D eigenvalue weighted by molar-refractivity contribution is 7.89. The highest BCUT2D eigenvalue weighted by Crippen LogP contribution is 2.33. The summed E-state index contributed by atoms with van der Waals surface area (Å²) in [5.74, 6) is -0.0194. The van der Waals surface area contributed by atoms with Crippen molar-refractivity contribution in [1.82, 2.24) is 4.72 Å². The molecule has 2 aromatic rings. The Balaban J connectivity index is 0.00000225. The number of halogens is 1. The van der Waals surface area contributed by atoms with Crippen LogP contribution in [0, 0.1) is 5.92 Å². The summed E-state index contributed by atoms with van der Waals surface area (Å²) >= 11 is 0. The maximum Gasteiger partial charge on any atom is 0.241 e. The smallest absolute Gasteiger partial charge is 0.241 e. The summed E-state index contributed by atoms with van der Waals surface area (Å²) in [5, 5.41) is 0. The van der Waals surface area contributed by atoms with Crippen molar-refractivity contribution in [3.63, 3.8) is 0 Å². The minimum atomic E-state index is -3.81. The molecule has 1 aliphatic rings. The second kappa shape index (κ2) is 8.10. The average Bonchev–Trinajstić information content (AvgIpc) is 3.45. The van der Waals surface area contributed by atoms with Crippen LogP contribution in [0.2, 0.25) is 0 Å². The maximum absolute atomic E-state index is 12.8. The van der Waals surface area contributed by atoms with Crippen molar-refractivity contribution in [2.45, 2.75) is 23.8 Å². The van der Waals surface area contributed by atoms with E-state index in [1.807, 2.05) is 6.07 Å². The minimum absolute atomic E-state index is 0. The van der Waals surface area contributed by atoms with Gasteiger partial charge in [0.1, 0.15) is 0 Å². The molecule has 2 aromatic carbocycles. The molecular weight excluding hydrogens is 360 g/mol. The predicted molar refractivity (Wildman–Crippen MR) is 99.5 cm³/mol. The van der Waals surface area contributed by atoms with Gasteiger partial charge in [-0.2, -0.15) is 0 Å². The number of nitrogens with two attached hydrogens (primary N) is 1. The van der Waals surface area contributed by atoms with Crippen LogP contribution in [0.1, 0.15) is 28.8 Å². The normalized spacial score (nSPS) is 15.2. The van der Waals surface area contributed by atoms with E-state index in [9.17, 15) is 13.2 Å². The molecule has 0 radical (unpaired) electrons. The van der Waals surface area contributed by atoms with Gasteiger partial charge in [-0.1, -0.05) is 42.5 Å². The molecule has 1 saturated carbocycles. The van der Waals surface area contributed by atoms with Crippen molar-refractivity contribution in [3.8, 4) is 0 Å². The zero-order valence-corrected chi connectivity index (χ0v) is 15.2. The van der Waals surface area contributed by atoms with Gasteiger partial charge in [-0.25, -0.2) is 13.1 Å². The van der Waals surface area contributed by atoms with Crippen molar-refractivity contribution < 1.29 is 13.2 Å². The summed E-state index contributed by atoms with van der Waals surface area (Å²) in [6, 6.07) is 14.6. The lowest BCUT2D eigenvalue weighted by molar-refractivity contribution is 0.103. The van der Waals surface area contributed by atoms with Gasteiger partial charge < -0.3 is 5.73 Å². The molecule has 3 N–H and O–H groups in total. The molecule has 1 atom stereocenters. The SMILES string of the molecule is Cl.NCC(NS(=O)(=O)c1ccccc1C(=O)c1ccccc1)C1CC1. The first-order valence-corrected chi connectivity index (χ1v) is 9.42. The number of rotatable bonds is 7. The monoisotopic (exact) mass is 380 g/mol. The summed E-state index contributed by atoms with van der Waals surface area (Å²) in [6.07, 6.45) is 1.96. The number of sulfonamides is 1. The van der Waals surface area contributed by atoms with E-state index in [0.717, 1.165) is 12.8 Å². The van der Waals surface area contributed by atoms with E-state index in [-0.39, 0.29) is 41.2 Å². The molecule has 0 aliphatic heterocycles. The molecule has 0 saturated heterocycles. The lowest BCUT2D eigenvalue weighted by atomic mass is 10.0. The Hall–Kier alpha value is -1.73. The van der Waals surface area contributed by atoms with E-state index in [4.69, 9.17) is 5.73 Å². The van der Waals surface area contributed by atoms with E-state index < -0.39 is 10.0 Å². The number of hydrogen-bond acceptors (Lipinski definition) is 4. The van der Waals surface area contributed by atoms with Crippen LogP contribution in [-0.4, -0.2) is 26.8 Å². The molecule has 25 heavy (non-hydrogen) atoms. The predicted octanol–water partition coefficient (Wildman–Crippen LogP) is 2.36. The Labute approximate surface area is 154 Å². The van der Waals surface area contributed by atoms with E-state index in [1.165, 1.54) is 6.07 Å². The van der Waals surface area contributed by atoms with E-state index in [0.29, 0.717) is 11.5 Å². The van der Waals surface area contributed by atoms with Crippen molar-refractivity contribution in [2.75, 3.05) is 6.54 Å². The molecule has 1 aliphatic carbocycles. The highest BCUT2D eigenvalue weighted by atomic mass is 35.5. The lowest BCUT2D eigenvalue weighted by Crippen LogP contribution is -2.42. The number of ketones is 1. The van der Waals surface area contributed by atoms with Crippen molar-refractivity contribution in [2.24, 2.45) is 11.7 Å². The zero-order valence-electron chi connectivity index (χ0n) is 13.6. The first kappa shape index (κ1) is 19.6. The topological polar surface area (TPSA) is 89.3 Å². The molecule has 3 rings (SSSR count). The number of benzene rings is 2. The maximum atomic E-state index is 12.8. The minimum Gasteiger partial charge on any atom is -0.329 e. The number of carbonyl (C=O) groups excluding carboxylic acids is 1. The summed E-state index contributed by atoms with van der Waals surface area (Å²) in [6.45, 7) is 0.249. The van der Waals surface area contributed by atoms with Crippen LogP contribution in [0.3, 0.4) is 0 Å². The molecule has 7 heteroatoms. The lowest BCUT2D eigenvalue weighted by Gasteiger charge is -2.17. The third kappa shape index (κ3) is 4.46. The van der Waals surface area contributed by atoms with Gasteiger partial charge in [-0.15, -0.1) is 12.4 Å². The Morgan fingerprint density at radius 3 is 2.28 bits per heavy atom. The molecule has 0 amide bonds. The van der Waals surface area contributed by atoms with Crippen LogP contribution >= 0.6 is 12.4 Å². The van der Waals surface area contributed by atoms with Gasteiger partial charge in [-0.05, 0) is 30.9 Å². The second-order valence-corrected chi connectivity index (χ2v) is 7.67. The molecule has 1 unspecified atom stereocenters. The average molecular weight is 381 g/mol. The van der Waals surface area contributed by atoms with Gasteiger partial charge in [0, 0.05) is 23.7 Å². The third-order valence-electron chi connectivity index (χ3n) is 4.21. The van der Waals surface area contributed by atoms with E-state index >= 15 is 0 Å². The quantitative estimate of drug-likeness (QED) is 0.721. The molecule has 0 spiro atoms. The first-order valence-electron chi connectivity index (χ1n) is 7.94. The fourth-order valence-corrected chi connectivity index (χ4v) is 4.25.